The number of hydrogen-bond donors (Lipinski definition) is 1. The maximum atomic E-state index is 12.2. The summed E-state index contributed by atoms with van der Waals surface area (Å²) in [7, 11) is 0. The van der Waals surface area contributed by atoms with Gasteiger partial charge >= 0.3 is 12.1 Å². The average molecular weight is 307 g/mol. The van der Waals surface area contributed by atoms with Crippen LogP contribution in [0.5, 0.6) is 0 Å². The first-order valence-corrected chi connectivity index (χ1v) is 7.36. The molecular formula is C16H21NO5. The Morgan fingerprint density at radius 1 is 1.27 bits per heavy atom. The fourth-order valence-corrected chi connectivity index (χ4v) is 2.54. The Bertz CT molecular complexity index is 519. The summed E-state index contributed by atoms with van der Waals surface area (Å²) in [4.78, 5) is 25.5. The Morgan fingerprint density at radius 3 is 2.59 bits per heavy atom. The number of benzene rings is 1. The lowest BCUT2D eigenvalue weighted by Gasteiger charge is -2.24. The maximum absolute atomic E-state index is 12.2. The molecule has 2 rings (SSSR count). The molecule has 0 aliphatic carbocycles. The van der Waals surface area contributed by atoms with Gasteiger partial charge in [-0.2, -0.15) is 0 Å². The summed E-state index contributed by atoms with van der Waals surface area (Å²) in [6.07, 6.45) is -1.39. The summed E-state index contributed by atoms with van der Waals surface area (Å²) in [6, 6.07) is 8.46. The van der Waals surface area contributed by atoms with E-state index >= 15 is 0 Å². The first kappa shape index (κ1) is 16.3. The quantitative estimate of drug-likeness (QED) is 0.855. The Labute approximate surface area is 129 Å². The number of hydrogen-bond acceptors (Lipinski definition) is 5. The molecule has 0 saturated carbocycles. The van der Waals surface area contributed by atoms with Crippen molar-refractivity contribution in [1.29, 1.82) is 0 Å². The zero-order valence-electron chi connectivity index (χ0n) is 12.8. The van der Waals surface area contributed by atoms with Crippen molar-refractivity contribution in [3.63, 3.8) is 0 Å². The number of carbonyl (C=O) groups is 2. The van der Waals surface area contributed by atoms with E-state index in [1.54, 1.807) is 13.8 Å². The van der Waals surface area contributed by atoms with Crippen molar-refractivity contribution in [2.24, 2.45) is 5.92 Å². The fraction of sp³-hybridized carbons (Fsp3) is 0.500. The number of aliphatic hydroxyl groups excluding tert-OH is 1. The van der Waals surface area contributed by atoms with Crippen molar-refractivity contribution in [1.82, 2.24) is 4.90 Å². The number of ether oxygens (including phenoxy) is 2. The minimum absolute atomic E-state index is 0.0677. The van der Waals surface area contributed by atoms with Crippen LogP contribution in [0.15, 0.2) is 30.3 Å². The molecular weight excluding hydrogens is 286 g/mol. The van der Waals surface area contributed by atoms with E-state index in [0.717, 1.165) is 5.56 Å². The van der Waals surface area contributed by atoms with Gasteiger partial charge in [-0.1, -0.05) is 37.3 Å². The molecule has 1 saturated heterocycles. The molecule has 1 fully saturated rings. The van der Waals surface area contributed by atoms with E-state index in [-0.39, 0.29) is 25.7 Å². The van der Waals surface area contributed by atoms with E-state index in [2.05, 4.69) is 0 Å². The topological polar surface area (TPSA) is 76.1 Å². The molecule has 1 amide bonds. The summed E-state index contributed by atoms with van der Waals surface area (Å²) in [5.74, 6) is -0.897. The van der Waals surface area contributed by atoms with Gasteiger partial charge in [0.15, 0.2) is 0 Å². The number of amides is 1. The van der Waals surface area contributed by atoms with Crippen LogP contribution in [-0.2, 0) is 20.9 Å². The van der Waals surface area contributed by atoms with E-state index in [0.29, 0.717) is 0 Å². The molecule has 0 spiro atoms. The second-order valence-corrected chi connectivity index (χ2v) is 5.32. The van der Waals surface area contributed by atoms with Crippen LogP contribution in [0.3, 0.4) is 0 Å². The Hall–Kier alpha value is -2.08. The monoisotopic (exact) mass is 307 g/mol. The van der Waals surface area contributed by atoms with Crippen molar-refractivity contribution in [3.8, 4) is 0 Å². The molecule has 1 aliphatic heterocycles. The largest absolute Gasteiger partial charge is 0.464 e. The molecule has 0 radical (unpaired) electrons. The molecule has 6 nitrogen and oxygen atoms in total. The van der Waals surface area contributed by atoms with Gasteiger partial charge in [0.25, 0.3) is 0 Å². The number of aliphatic hydroxyl groups is 1. The SMILES string of the molecule is CCOC(=O)[C@@H]1C(C)C(O)CN1C(=O)OCc1ccccc1. The van der Waals surface area contributed by atoms with Gasteiger partial charge in [0.1, 0.15) is 12.6 Å². The standard InChI is InChI=1S/C16H21NO5/c1-3-21-15(19)14-11(2)13(18)9-17(14)16(20)22-10-12-7-5-4-6-8-12/h4-8,11,13-14,18H,3,9-10H2,1-2H3/t11?,13?,14-/m0/s1. The van der Waals surface area contributed by atoms with Crippen molar-refractivity contribution in [3.05, 3.63) is 35.9 Å². The molecule has 6 heteroatoms. The molecule has 2 unspecified atom stereocenters. The number of likely N-dealkylation sites (tertiary alicyclic amines) is 1. The van der Waals surface area contributed by atoms with Crippen molar-refractivity contribution >= 4 is 12.1 Å². The van der Waals surface area contributed by atoms with Crippen LogP contribution in [0.4, 0.5) is 4.79 Å². The molecule has 1 heterocycles. The van der Waals surface area contributed by atoms with Crippen LogP contribution in [-0.4, -0.2) is 47.4 Å². The van der Waals surface area contributed by atoms with Crippen LogP contribution < -0.4 is 0 Å². The summed E-state index contributed by atoms with van der Waals surface area (Å²) >= 11 is 0. The van der Waals surface area contributed by atoms with Gasteiger partial charge in [-0.3, -0.25) is 4.90 Å². The smallest absolute Gasteiger partial charge is 0.410 e. The van der Waals surface area contributed by atoms with Gasteiger partial charge in [0.2, 0.25) is 0 Å². The molecule has 1 aromatic carbocycles. The molecule has 1 aliphatic rings. The summed E-state index contributed by atoms with van der Waals surface area (Å²) in [5, 5.41) is 9.93. The van der Waals surface area contributed by atoms with Gasteiger partial charge < -0.3 is 14.6 Å². The van der Waals surface area contributed by atoms with Crippen molar-refractivity contribution in [2.45, 2.75) is 32.6 Å². The molecule has 120 valence electrons. The van der Waals surface area contributed by atoms with Gasteiger partial charge in [-0.25, -0.2) is 9.59 Å². The maximum Gasteiger partial charge on any atom is 0.410 e. The molecule has 1 aromatic rings. The highest BCUT2D eigenvalue weighted by molar-refractivity contribution is 5.82. The second kappa shape index (κ2) is 7.26. The lowest BCUT2D eigenvalue weighted by atomic mass is 10.0. The summed E-state index contributed by atoms with van der Waals surface area (Å²) < 4.78 is 10.2. The molecule has 3 atom stereocenters. The predicted molar refractivity (Wildman–Crippen MR) is 78.9 cm³/mol. The summed E-state index contributed by atoms with van der Waals surface area (Å²) in [5.41, 5.74) is 0.858. The number of nitrogens with zero attached hydrogens (tertiary/aromatic N) is 1. The molecule has 22 heavy (non-hydrogen) atoms. The van der Waals surface area contributed by atoms with Crippen molar-refractivity contribution < 1.29 is 24.2 Å². The molecule has 0 aromatic heterocycles. The molecule has 1 N–H and O–H groups in total. The predicted octanol–water partition coefficient (Wildman–Crippen LogP) is 1.57. The van der Waals surface area contributed by atoms with E-state index in [1.165, 1.54) is 4.90 Å². The average Bonchev–Trinajstić information content (AvgIpc) is 2.82. The fourth-order valence-electron chi connectivity index (χ4n) is 2.54. The third-order valence-electron chi connectivity index (χ3n) is 3.79. The third kappa shape index (κ3) is 3.57. The number of rotatable bonds is 4. The van der Waals surface area contributed by atoms with Crippen molar-refractivity contribution in [2.75, 3.05) is 13.2 Å². The molecule has 0 bridgehead atoms. The minimum Gasteiger partial charge on any atom is -0.464 e. The van der Waals surface area contributed by atoms with E-state index < -0.39 is 24.2 Å². The second-order valence-electron chi connectivity index (χ2n) is 5.32. The van der Waals surface area contributed by atoms with Gasteiger partial charge in [0, 0.05) is 5.92 Å². The van der Waals surface area contributed by atoms with E-state index in [1.807, 2.05) is 30.3 Å². The number of β-amino-alcohol motifs (C(OH)–C–C–N with tert-alkyl or cyclic N) is 1. The van der Waals surface area contributed by atoms with Crippen LogP contribution in [0.25, 0.3) is 0 Å². The third-order valence-corrected chi connectivity index (χ3v) is 3.79. The van der Waals surface area contributed by atoms with Crippen LogP contribution in [0.2, 0.25) is 0 Å². The minimum atomic E-state index is -0.807. The van der Waals surface area contributed by atoms with Crippen LogP contribution in [0, 0.1) is 5.92 Å². The zero-order chi connectivity index (χ0) is 16.1. The Kier molecular flexibility index (Phi) is 5.38. The first-order valence-electron chi connectivity index (χ1n) is 7.36. The lowest BCUT2D eigenvalue weighted by molar-refractivity contribution is -0.149. The first-order chi connectivity index (χ1) is 10.5. The van der Waals surface area contributed by atoms with Crippen LogP contribution in [0.1, 0.15) is 19.4 Å². The summed E-state index contributed by atoms with van der Waals surface area (Å²) in [6.45, 7) is 3.84. The van der Waals surface area contributed by atoms with Gasteiger partial charge in [0.05, 0.1) is 19.3 Å². The number of carbonyl (C=O) groups excluding carboxylic acids is 2. The number of esters is 1. The van der Waals surface area contributed by atoms with E-state index in [4.69, 9.17) is 9.47 Å². The van der Waals surface area contributed by atoms with Crippen LogP contribution >= 0.6 is 0 Å². The highest BCUT2D eigenvalue weighted by atomic mass is 16.6. The highest BCUT2D eigenvalue weighted by Gasteiger charge is 2.46. The van der Waals surface area contributed by atoms with Gasteiger partial charge in [-0.15, -0.1) is 0 Å². The van der Waals surface area contributed by atoms with E-state index in [9.17, 15) is 14.7 Å². The normalized spacial score (nSPS) is 24.1. The highest BCUT2D eigenvalue weighted by Crippen LogP contribution is 2.26. The van der Waals surface area contributed by atoms with Gasteiger partial charge in [-0.05, 0) is 12.5 Å². The zero-order valence-corrected chi connectivity index (χ0v) is 12.8. The Balaban J connectivity index is 2.01. The lowest BCUT2D eigenvalue weighted by Crippen LogP contribution is -2.44. The Morgan fingerprint density at radius 2 is 1.95 bits per heavy atom.